The quantitative estimate of drug-likeness (QED) is 0.717. The summed E-state index contributed by atoms with van der Waals surface area (Å²) in [6.45, 7) is 0.416. The molecule has 7 heteroatoms. The predicted molar refractivity (Wildman–Crippen MR) is 78.9 cm³/mol. The third-order valence-electron chi connectivity index (χ3n) is 2.44. The van der Waals surface area contributed by atoms with Gasteiger partial charge < -0.3 is 15.4 Å². The number of carbonyl (C=O) groups is 1. The Morgan fingerprint density at radius 1 is 1.48 bits per heavy atom. The summed E-state index contributed by atoms with van der Waals surface area (Å²) in [6.07, 6.45) is 2.79. The molecule has 2 heterocycles. The first-order valence-electron chi connectivity index (χ1n) is 6.20. The molecule has 0 aromatic carbocycles. The Balaban J connectivity index is 1.91. The number of H-pyrrole nitrogens is 1. The van der Waals surface area contributed by atoms with Crippen LogP contribution in [0.4, 0.5) is 0 Å². The number of rotatable bonds is 4. The standard InChI is InChI=1S/C14H13N3O3S/c18-6-2-1-3-10-4-5-11(21-10)7-17-14(20)12-8-16-13(19)9-15-12/h4-5,8-9,18H,2,6-7H2,(H,16,19)(H,17,20). The van der Waals surface area contributed by atoms with E-state index in [0.29, 0.717) is 13.0 Å². The predicted octanol–water partition coefficient (Wildman–Crippen LogP) is 0.495. The maximum atomic E-state index is 11.8. The number of aliphatic hydroxyl groups is 1. The van der Waals surface area contributed by atoms with Gasteiger partial charge in [-0.05, 0) is 12.1 Å². The summed E-state index contributed by atoms with van der Waals surface area (Å²) in [7, 11) is 0. The fourth-order valence-electron chi connectivity index (χ4n) is 1.47. The Labute approximate surface area is 124 Å². The molecule has 1 amide bonds. The number of nitrogens with one attached hydrogen (secondary N) is 2. The van der Waals surface area contributed by atoms with Crippen LogP contribution >= 0.6 is 11.3 Å². The lowest BCUT2D eigenvalue weighted by Gasteiger charge is -2.01. The Bertz CT molecular complexity index is 719. The smallest absolute Gasteiger partial charge is 0.271 e. The van der Waals surface area contributed by atoms with E-state index < -0.39 is 0 Å². The van der Waals surface area contributed by atoms with E-state index in [-0.39, 0.29) is 23.8 Å². The van der Waals surface area contributed by atoms with Gasteiger partial charge in [0.05, 0.1) is 24.2 Å². The Morgan fingerprint density at radius 2 is 2.33 bits per heavy atom. The second kappa shape index (κ2) is 7.38. The highest BCUT2D eigenvalue weighted by atomic mass is 32.1. The Hall–Kier alpha value is -2.43. The fraction of sp³-hybridized carbons (Fsp3) is 0.214. The summed E-state index contributed by atoms with van der Waals surface area (Å²) < 4.78 is 0. The second-order valence-corrected chi connectivity index (χ2v) is 5.19. The minimum absolute atomic E-state index is 0.0491. The van der Waals surface area contributed by atoms with Crippen LogP contribution in [0.3, 0.4) is 0 Å². The molecule has 0 unspecified atom stereocenters. The van der Waals surface area contributed by atoms with E-state index in [4.69, 9.17) is 5.11 Å². The van der Waals surface area contributed by atoms with E-state index in [2.05, 4.69) is 27.1 Å². The van der Waals surface area contributed by atoms with Gasteiger partial charge in [-0.15, -0.1) is 11.3 Å². The zero-order valence-corrected chi connectivity index (χ0v) is 11.9. The molecule has 0 fully saturated rings. The topological polar surface area (TPSA) is 95.1 Å². The van der Waals surface area contributed by atoms with Crippen LogP contribution in [0.1, 0.15) is 26.7 Å². The van der Waals surface area contributed by atoms with Crippen LogP contribution in [0.2, 0.25) is 0 Å². The summed E-state index contributed by atoms with van der Waals surface area (Å²) in [5.74, 6) is 5.42. The lowest BCUT2D eigenvalue weighted by atomic mass is 10.3. The van der Waals surface area contributed by atoms with Gasteiger partial charge in [0.2, 0.25) is 0 Å². The molecule has 6 nitrogen and oxygen atoms in total. The molecule has 108 valence electrons. The third-order valence-corrected chi connectivity index (χ3v) is 3.44. The highest BCUT2D eigenvalue weighted by Crippen LogP contribution is 2.15. The zero-order valence-electron chi connectivity index (χ0n) is 11.0. The van der Waals surface area contributed by atoms with Crippen LogP contribution in [-0.2, 0) is 6.54 Å². The molecule has 2 rings (SSSR count). The minimum Gasteiger partial charge on any atom is -0.395 e. The number of aromatic nitrogens is 2. The van der Waals surface area contributed by atoms with Gasteiger partial charge in [-0.2, -0.15) is 0 Å². The number of thiophene rings is 1. The van der Waals surface area contributed by atoms with Gasteiger partial charge in [0.25, 0.3) is 11.5 Å². The van der Waals surface area contributed by atoms with Crippen molar-refractivity contribution in [1.29, 1.82) is 0 Å². The first kappa shape index (κ1) is 15.0. The molecule has 0 bridgehead atoms. The van der Waals surface area contributed by atoms with Crippen LogP contribution in [0.5, 0.6) is 0 Å². The van der Waals surface area contributed by atoms with Crippen molar-refractivity contribution in [2.45, 2.75) is 13.0 Å². The van der Waals surface area contributed by atoms with Crippen molar-refractivity contribution in [3.63, 3.8) is 0 Å². The summed E-state index contributed by atoms with van der Waals surface area (Å²) in [5, 5.41) is 11.4. The lowest BCUT2D eigenvalue weighted by molar-refractivity contribution is 0.0946. The van der Waals surface area contributed by atoms with Crippen LogP contribution in [-0.4, -0.2) is 27.6 Å². The molecule has 0 spiro atoms. The largest absolute Gasteiger partial charge is 0.395 e. The van der Waals surface area contributed by atoms with Gasteiger partial charge in [-0.1, -0.05) is 11.8 Å². The van der Waals surface area contributed by atoms with Crippen LogP contribution in [0.15, 0.2) is 29.3 Å². The molecule has 0 aliphatic heterocycles. The maximum absolute atomic E-state index is 11.8. The lowest BCUT2D eigenvalue weighted by Crippen LogP contribution is -2.24. The molecule has 2 aromatic heterocycles. The van der Waals surface area contributed by atoms with Gasteiger partial charge in [-0.25, -0.2) is 4.98 Å². The number of carbonyl (C=O) groups excluding carboxylic acids is 1. The molecular weight excluding hydrogens is 290 g/mol. The summed E-state index contributed by atoms with van der Waals surface area (Å²) in [6, 6.07) is 3.75. The van der Waals surface area contributed by atoms with Crippen LogP contribution in [0, 0.1) is 11.8 Å². The molecule has 0 aliphatic rings. The van der Waals surface area contributed by atoms with Crippen molar-refractivity contribution in [2.75, 3.05) is 6.61 Å². The fourth-order valence-corrected chi connectivity index (χ4v) is 2.29. The first-order valence-corrected chi connectivity index (χ1v) is 7.02. The molecule has 3 N–H and O–H groups in total. The van der Waals surface area contributed by atoms with Gasteiger partial charge in [0, 0.05) is 17.5 Å². The molecule has 0 radical (unpaired) electrons. The van der Waals surface area contributed by atoms with E-state index in [1.807, 2.05) is 12.1 Å². The van der Waals surface area contributed by atoms with Crippen molar-refractivity contribution < 1.29 is 9.90 Å². The molecule has 0 aliphatic carbocycles. The number of amides is 1. The van der Waals surface area contributed by atoms with Gasteiger partial charge in [0.15, 0.2) is 0 Å². The maximum Gasteiger partial charge on any atom is 0.271 e. The second-order valence-electron chi connectivity index (χ2n) is 4.02. The summed E-state index contributed by atoms with van der Waals surface area (Å²) in [4.78, 5) is 30.6. The van der Waals surface area contributed by atoms with Crippen molar-refractivity contribution in [3.8, 4) is 11.8 Å². The van der Waals surface area contributed by atoms with E-state index in [1.165, 1.54) is 17.5 Å². The number of hydrogen-bond donors (Lipinski definition) is 3. The van der Waals surface area contributed by atoms with Crippen LogP contribution < -0.4 is 10.9 Å². The summed E-state index contributed by atoms with van der Waals surface area (Å²) >= 11 is 1.47. The highest BCUT2D eigenvalue weighted by Gasteiger charge is 2.07. The number of aromatic amines is 1. The number of aliphatic hydroxyl groups excluding tert-OH is 1. The highest BCUT2D eigenvalue weighted by molar-refractivity contribution is 7.12. The van der Waals surface area contributed by atoms with Crippen molar-refractivity contribution >= 4 is 17.2 Å². The number of hydrogen-bond acceptors (Lipinski definition) is 5. The van der Waals surface area contributed by atoms with Crippen molar-refractivity contribution in [2.24, 2.45) is 0 Å². The monoisotopic (exact) mass is 303 g/mol. The van der Waals surface area contributed by atoms with Crippen molar-refractivity contribution in [3.05, 3.63) is 50.3 Å². The molecular formula is C14H13N3O3S. The zero-order chi connectivity index (χ0) is 15.1. The average molecular weight is 303 g/mol. The minimum atomic E-state index is -0.354. The SMILES string of the molecule is O=C(NCc1ccc(C#CCCO)s1)c1c[nH]c(=O)cn1. The summed E-state index contributed by atoms with van der Waals surface area (Å²) in [5.41, 5.74) is -0.190. The molecule has 21 heavy (non-hydrogen) atoms. The normalized spacial score (nSPS) is 9.76. The van der Waals surface area contributed by atoms with Crippen LogP contribution in [0.25, 0.3) is 0 Å². The van der Waals surface area contributed by atoms with E-state index in [1.54, 1.807) is 0 Å². The number of nitrogens with zero attached hydrogens (tertiary/aromatic N) is 1. The molecule has 0 saturated heterocycles. The van der Waals surface area contributed by atoms with Gasteiger partial charge >= 0.3 is 0 Å². The van der Waals surface area contributed by atoms with Crippen molar-refractivity contribution in [1.82, 2.24) is 15.3 Å². The van der Waals surface area contributed by atoms with E-state index in [0.717, 1.165) is 16.0 Å². The van der Waals surface area contributed by atoms with E-state index >= 15 is 0 Å². The van der Waals surface area contributed by atoms with E-state index in [9.17, 15) is 9.59 Å². The first-order chi connectivity index (χ1) is 10.2. The average Bonchev–Trinajstić information content (AvgIpc) is 2.94. The molecule has 2 aromatic rings. The Morgan fingerprint density at radius 3 is 3.05 bits per heavy atom. The third kappa shape index (κ3) is 4.56. The van der Waals surface area contributed by atoms with Gasteiger partial charge in [-0.3, -0.25) is 9.59 Å². The Kier molecular flexibility index (Phi) is 5.26. The van der Waals surface area contributed by atoms with Gasteiger partial charge in [0.1, 0.15) is 5.69 Å². The molecule has 0 saturated carbocycles. The molecule has 0 atom stereocenters.